The molecule has 1 spiro atoms. The van der Waals surface area contributed by atoms with E-state index in [1.807, 2.05) is 56.3 Å². The van der Waals surface area contributed by atoms with E-state index in [1.165, 1.54) is 6.26 Å². The van der Waals surface area contributed by atoms with E-state index >= 15 is 0 Å². The molecule has 3 aliphatic heterocycles. The van der Waals surface area contributed by atoms with Crippen LogP contribution < -0.4 is 20.7 Å². The first-order valence-corrected chi connectivity index (χ1v) is 16.1. The van der Waals surface area contributed by atoms with Gasteiger partial charge in [-0.3, -0.25) is 9.59 Å². The van der Waals surface area contributed by atoms with E-state index in [4.69, 9.17) is 23.3 Å². The van der Waals surface area contributed by atoms with Gasteiger partial charge in [-0.05, 0) is 42.0 Å². The summed E-state index contributed by atoms with van der Waals surface area (Å²) in [6, 6.07) is 11.6. The molecular formula is C35H37N5O8. The van der Waals surface area contributed by atoms with Gasteiger partial charge in [-0.25, -0.2) is 14.8 Å². The van der Waals surface area contributed by atoms with Crippen LogP contribution in [-0.4, -0.2) is 57.8 Å². The molecular weight excluding hydrogens is 618 g/mol. The smallest absolute Gasteiger partial charge is 0.360 e. The molecule has 0 fully saturated rings. The van der Waals surface area contributed by atoms with Crippen LogP contribution in [0.1, 0.15) is 79.5 Å². The Morgan fingerprint density at radius 3 is 2.65 bits per heavy atom. The van der Waals surface area contributed by atoms with Crippen molar-refractivity contribution in [3.63, 3.8) is 0 Å². The van der Waals surface area contributed by atoms with Crippen LogP contribution in [0.2, 0.25) is 0 Å². The standard InChI is InChI=1S/C35H37N5O8/c1-6-45-33(44)23-15-46-31(37-23)26-28-35-19-9-7-8-10-21(19)38-34(35)47-24-12-11-18(13-20(24)35)14-22(36-30(43)27(41)17(4)5)29(42)39-25(16(2)3)32(40-26)48-28/h7-13,15-17,22,25,27,34,38,41H,6,14H2,1-5H3,(H,36,43)(H,39,42)/t22?,25-,27-,34?,35?/m0/s1. The van der Waals surface area contributed by atoms with E-state index in [0.29, 0.717) is 11.5 Å². The molecule has 0 radical (unpaired) electrons. The number of nitrogens with one attached hydrogen (secondary N) is 3. The second-order valence-corrected chi connectivity index (χ2v) is 13.0. The minimum absolute atomic E-state index is 0.0273. The van der Waals surface area contributed by atoms with Crippen molar-refractivity contribution in [2.75, 3.05) is 11.9 Å². The zero-order valence-electron chi connectivity index (χ0n) is 27.2. The minimum Gasteiger partial charge on any atom is -0.469 e. The molecule has 48 heavy (non-hydrogen) atoms. The SMILES string of the molecule is CCOC(=O)c1coc(-c2nc3oc2C24c5ccccc5NC2Oc2ccc(cc24)CC(NC(=O)[C@@H](O)C(C)C)C(=O)N[C@H]3C(C)C)n1. The zero-order valence-corrected chi connectivity index (χ0v) is 27.2. The van der Waals surface area contributed by atoms with Crippen molar-refractivity contribution >= 4 is 23.5 Å². The van der Waals surface area contributed by atoms with Crippen LogP contribution in [0.5, 0.6) is 5.75 Å². The third kappa shape index (κ3) is 4.91. The number of benzene rings is 2. The summed E-state index contributed by atoms with van der Waals surface area (Å²) in [6.07, 6.45) is -0.604. The van der Waals surface area contributed by atoms with Gasteiger partial charge in [0, 0.05) is 17.7 Å². The van der Waals surface area contributed by atoms with Crippen LogP contribution in [-0.2, 0) is 26.2 Å². The Kier molecular flexibility index (Phi) is 7.74. The number of ether oxygens (including phenoxy) is 2. The molecule has 3 unspecified atom stereocenters. The summed E-state index contributed by atoms with van der Waals surface area (Å²) in [5, 5.41) is 19.8. The number of anilines is 1. The van der Waals surface area contributed by atoms with Crippen LogP contribution >= 0.6 is 0 Å². The Morgan fingerprint density at radius 1 is 1.10 bits per heavy atom. The molecule has 4 bridgehead atoms. The van der Waals surface area contributed by atoms with Crippen LogP contribution in [0.3, 0.4) is 0 Å². The van der Waals surface area contributed by atoms with Crippen LogP contribution in [0.4, 0.5) is 5.69 Å². The number of aliphatic hydroxyl groups excluding tert-OH is 1. The number of hydrogen-bond donors (Lipinski definition) is 4. The molecule has 0 saturated carbocycles. The molecule has 4 N–H and O–H groups in total. The van der Waals surface area contributed by atoms with E-state index < -0.39 is 47.6 Å². The van der Waals surface area contributed by atoms with Gasteiger partial charge in [-0.2, -0.15) is 0 Å². The summed E-state index contributed by atoms with van der Waals surface area (Å²) in [4.78, 5) is 49.0. The lowest BCUT2D eigenvalue weighted by atomic mass is 9.72. The molecule has 0 aliphatic carbocycles. The molecule has 2 aromatic carbocycles. The Hall–Kier alpha value is -5.17. The van der Waals surface area contributed by atoms with Crippen molar-refractivity contribution in [2.24, 2.45) is 11.8 Å². The van der Waals surface area contributed by atoms with E-state index in [2.05, 4.69) is 20.9 Å². The van der Waals surface area contributed by atoms with Gasteiger partial charge in [-0.1, -0.05) is 58.0 Å². The monoisotopic (exact) mass is 655 g/mol. The van der Waals surface area contributed by atoms with Crippen molar-refractivity contribution in [2.45, 2.75) is 70.9 Å². The highest BCUT2D eigenvalue weighted by atomic mass is 16.5. The maximum atomic E-state index is 14.0. The Morgan fingerprint density at radius 2 is 1.90 bits per heavy atom. The normalized spacial score (nSPS) is 22.8. The first-order chi connectivity index (χ1) is 23.0. The molecule has 7 rings (SSSR count). The lowest BCUT2D eigenvalue weighted by Crippen LogP contribution is -2.52. The van der Waals surface area contributed by atoms with E-state index in [0.717, 1.165) is 22.4 Å². The van der Waals surface area contributed by atoms with Crippen LogP contribution in [0.15, 0.2) is 57.6 Å². The van der Waals surface area contributed by atoms with Crippen molar-refractivity contribution in [1.29, 1.82) is 0 Å². The topological polar surface area (TPSA) is 178 Å². The fourth-order valence-corrected chi connectivity index (χ4v) is 6.69. The zero-order chi connectivity index (χ0) is 33.9. The van der Waals surface area contributed by atoms with Crippen molar-refractivity contribution in [3.8, 4) is 17.3 Å². The fourth-order valence-electron chi connectivity index (χ4n) is 6.69. The molecule has 2 aromatic heterocycles. The van der Waals surface area contributed by atoms with Gasteiger partial charge >= 0.3 is 5.97 Å². The summed E-state index contributed by atoms with van der Waals surface area (Å²) in [6.45, 7) is 9.14. The van der Waals surface area contributed by atoms with E-state index in [1.54, 1.807) is 20.8 Å². The number of oxazole rings is 2. The molecule has 2 amide bonds. The number of aromatic nitrogens is 2. The van der Waals surface area contributed by atoms with E-state index in [9.17, 15) is 19.5 Å². The number of fused-ring (bicyclic) bond motifs is 4. The van der Waals surface area contributed by atoms with Gasteiger partial charge < -0.3 is 39.4 Å². The summed E-state index contributed by atoms with van der Waals surface area (Å²) in [5.41, 5.74) is 2.28. The predicted molar refractivity (Wildman–Crippen MR) is 171 cm³/mol. The van der Waals surface area contributed by atoms with Gasteiger partial charge in [-0.15, -0.1) is 0 Å². The second-order valence-electron chi connectivity index (χ2n) is 13.0. The maximum Gasteiger partial charge on any atom is 0.360 e. The lowest BCUT2D eigenvalue weighted by molar-refractivity contribution is -0.135. The molecule has 13 heteroatoms. The Labute approximate surface area is 276 Å². The average Bonchev–Trinajstić information content (AvgIpc) is 3.83. The number of amides is 2. The van der Waals surface area contributed by atoms with Gasteiger partial charge in [0.2, 0.25) is 23.6 Å². The average molecular weight is 656 g/mol. The number of aliphatic hydroxyl groups is 1. The van der Waals surface area contributed by atoms with Crippen molar-refractivity contribution in [3.05, 3.63) is 82.8 Å². The maximum absolute atomic E-state index is 14.0. The summed E-state index contributed by atoms with van der Waals surface area (Å²) >= 11 is 0. The first kappa shape index (κ1) is 31.4. The van der Waals surface area contributed by atoms with Crippen molar-refractivity contribution < 1.29 is 37.8 Å². The predicted octanol–water partition coefficient (Wildman–Crippen LogP) is 3.86. The fraction of sp³-hybridized carbons (Fsp3) is 0.400. The quantitative estimate of drug-likeness (QED) is 0.213. The van der Waals surface area contributed by atoms with Gasteiger partial charge in [0.25, 0.3) is 0 Å². The number of carbonyl (C=O) groups excluding carboxylic acids is 3. The summed E-state index contributed by atoms with van der Waals surface area (Å²) in [5.74, 6) is -1.18. The molecule has 250 valence electrons. The Bertz CT molecular complexity index is 1910. The highest BCUT2D eigenvalue weighted by Crippen LogP contribution is 2.59. The van der Waals surface area contributed by atoms with Crippen LogP contribution in [0.25, 0.3) is 11.6 Å². The van der Waals surface area contributed by atoms with E-state index in [-0.39, 0.29) is 48.0 Å². The third-order valence-corrected chi connectivity index (χ3v) is 9.14. The number of carbonyl (C=O) groups is 3. The third-order valence-electron chi connectivity index (χ3n) is 9.14. The number of rotatable bonds is 7. The lowest BCUT2D eigenvalue weighted by Gasteiger charge is -2.29. The number of para-hydroxylation sites is 1. The van der Waals surface area contributed by atoms with Gasteiger partial charge in [0.05, 0.1) is 6.61 Å². The Balaban J connectivity index is 1.46. The molecule has 5 heterocycles. The number of nitrogens with zero attached hydrogens (tertiary/aromatic N) is 2. The summed E-state index contributed by atoms with van der Waals surface area (Å²) < 4.78 is 24.3. The molecule has 0 saturated heterocycles. The highest BCUT2D eigenvalue weighted by Gasteiger charge is 2.61. The molecule has 4 aromatic rings. The highest BCUT2D eigenvalue weighted by molar-refractivity contribution is 5.90. The largest absolute Gasteiger partial charge is 0.469 e. The van der Waals surface area contributed by atoms with Crippen molar-refractivity contribution in [1.82, 2.24) is 20.6 Å². The van der Waals surface area contributed by atoms with Gasteiger partial charge in [0.15, 0.2) is 23.4 Å². The first-order valence-electron chi connectivity index (χ1n) is 16.1. The molecule has 3 aliphatic rings. The summed E-state index contributed by atoms with van der Waals surface area (Å²) in [7, 11) is 0. The number of esters is 1. The number of hydrogen-bond acceptors (Lipinski definition) is 11. The minimum atomic E-state index is -1.30. The van der Waals surface area contributed by atoms with Gasteiger partial charge in [0.1, 0.15) is 35.6 Å². The molecule has 5 atom stereocenters. The van der Waals surface area contributed by atoms with Crippen LogP contribution in [0, 0.1) is 11.8 Å². The molecule has 13 nitrogen and oxygen atoms in total. The second kappa shape index (κ2) is 11.8.